The minimum Gasteiger partial charge on any atom is -0.393 e. The molecule has 0 bridgehead atoms. The van der Waals surface area contributed by atoms with Gasteiger partial charge in [-0.1, -0.05) is 61.2 Å². The summed E-state index contributed by atoms with van der Waals surface area (Å²) >= 11 is 1.22. The summed E-state index contributed by atoms with van der Waals surface area (Å²) in [6.45, 7) is 1.92. The van der Waals surface area contributed by atoms with Crippen LogP contribution in [0.2, 0.25) is 0 Å². The zero-order valence-corrected chi connectivity index (χ0v) is 14.2. The molecular weight excluding hydrogens is 347 g/mol. The van der Waals surface area contributed by atoms with E-state index in [9.17, 15) is 18.0 Å². The Morgan fingerprint density at radius 3 is 2.40 bits per heavy atom. The first kappa shape index (κ1) is 17.6. The molecule has 3 rings (SSSR count). The van der Waals surface area contributed by atoms with Crippen LogP contribution in [0.4, 0.5) is 13.2 Å². The summed E-state index contributed by atoms with van der Waals surface area (Å²) in [4.78, 5) is 12.9. The summed E-state index contributed by atoms with van der Waals surface area (Å²) < 4.78 is 38.8. The normalized spacial score (nSPS) is 19.4. The fourth-order valence-electron chi connectivity index (χ4n) is 2.91. The summed E-state index contributed by atoms with van der Waals surface area (Å²) in [7, 11) is 0. The zero-order chi connectivity index (χ0) is 18.2. The fourth-order valence-corrected chi connectivity index (χ4v) is 4.10. The number of hydrogen-bond donors (Lipinski definition) is 1. The van der Waals surface area contributed by atoms with Crippen LogP contribution in [-0.4, -0.2) is 11.0 Å². The minimum absolute atomic E-state index is 0.0967. The molecule has 1 heterocycles. The lowest BCUT2D eigenvalue weighted by molar-refractivity contribution is -0.137. The Morgan fingerprint density at radius 1 is 1.08 bits per heavy atom. The third-order valence-electron chi connectivity index (χ3n) is 4.26. The summed E-state index contributed by atoms with van der Waals surface area (Å²) in [6, 6.07) is 14.3. The van der Waals surface area contributed by atoms with Gasteiger partial charge in [0.1, 0.15) is 0 Å². The van der Waals surface area contributed by atoms with Gasteiger partial charge in [-0.15, -0.1) is 0 Å². The molecule has 0 aromatic heterocycles. The number of halogens is 3. The first-order valence-corrected chi connectivity index (χ1v) is 8.60. The van der Waals surface area contributed by atoms with Gasteiger partial charge in [0, 0.05) is 5.92 Å². The molecule has 0 fully saturated rings. The van der Waals surface area contributed by atoms with Gasteiger partial charge in [-0.3, -0.25) is 4.79 Å². The second-order valence-corrected chi connectivity index (χ2v) is 7.10. The molecule has 6 heteroatoms. The molecule has 2 N–H and O–H groups in total. The Balaban J connectivity index is 1.92. The Hall–Kier alpha value is -2.21. The van der Waals surface area contributed by atoms with Crippen molar-refractivity contribution in [2.45, 2.75) is 24.3 Å². The van der Waals surface area contributed by atoms with Gasteiger partial charge >= 0.3 is 6.18 Å². The first-order valence-electron chi connectivity index (χ1n) is 7.72. The highest BCUT2D eigenvalue weighted by Crippen LogP contribution is 2.44. The van der Waals surface area contributed by atoms with E-state index in [0.717, 1.165) is 17.7 Å². The molecule has 0 spiro atoms. The van der Waals surface area contributed by atoms with Crippen molar-refractivity contribution in [3.05, 3.63) is 76.3 Å². The van der Waals surface area contributed by atoms with Crippen molar-refractivity contribution in [2.75, 3.05) is 0 Å². The topological polar surface area (TPSA) is 43.1 Å². The van der Waals surface area contributed by atoms with Crippen molar-refractivity contribution in [1.82, 2.24) is 0 Å². The van der Waals surface area contributed by atoms with Gasteiger partial charge < -0.3 is 5.73 Å². The molecule has 0 saturated heterocycles. The lowest BCUT2D eigenvalue weighted by atomic mass is 9.90. The molecule has 2 aromatic rings. The van der Waals surface area contributed by atoms with Crippen LogP contribution in [-0.2, 0) is 11.0 Å². The molecule has 0 amide bonds. The van der Waals surface area contributed by atoms with E-state index < -0.39 is 17.0 Å². The Kier molecular flexibility index (Phi) is 4.64. The average Bonchev–Trinajstić information content (AvgIpc) is 2.89. The van der Waals surface area contributed by atoms with Crippen molar-refractivity contribution >= 4 is 23.1 Å². The van der Waals surface area contributed by atoms with E-state index in [2.05, 4.69) is 0 Å². The number of rotatable bonds is 3. The van der Waals surface area contributed by atoms with Crippen molar-refractivity contribution in [3.8, 4) is 0 Å². The Labute approximate surface area is 147 Å². The van der Waals surface area contributed by atoms with Crippen LogP contribution in [0.5, 0.6) is 0 Å². The number of carbonyl (C=O) groups excluding carboxylic acids is 1. The van der Waals surface area contributed by atoms with E-state index in [1.807, 2.05) is 37.3 Å². The molecule has 1 aliphatic rings. The third-order valence-corrected chi connectivity index (χ3v) is 5.60. The molecule has 1 aliphatic heterocycles. The van der Waals surface area contributed by atoms with Crippen LogP contribution in [0.1, 0.15) is 29.5 Å². The van der Waals surface area contributed by atoms with E-state index in [1.165, 1.54) is 23.9 Å². The number of Topliss-reactive ketones (excluding diaryl/α,β-unsaturated/α-hetero) is 1. The van der Waals surface area contributed by atoms with Crippen molar-refractivity contribution < 1.29 is 18.0 Å². The van der Waals surface area contributed by atoms with Crippen LogP contribution < -0.4 is 5.73 Å². The smallest absolute Gasteiger partial charge is 0.393 e. The molecule has 0 radical (unpaired) electrons. The minimum atomic E-state index is -4.46. The molecule has 130 valence electrons. The number of carbonyl (C=O) groups is 1. The third kappa shape index (κ3) is 3.44. The highest BCUT2D eigenvalue weighted by atomic mass is 32.2. The second kappa shape index (κ2) is 6.59. The molecule has 25 heavy (non-hydrogen) atoms. The van der Waals surface area contributed by atoms with Crippen molar-refractivity contribution in [1.29, 1.82) is 0 Å². The van der Waals surface area contributed by atoms with Gasteiger partial charge in [0.25, 0.3) is 0 Å². The molecular formula is C19H16F3NOS. The van der Waals surface area contributed by atoms with E-state index in [-0.39, 0.29) is 27.9 Å². The maximum atomic E-state index is 12.9. The van der Waals surface area contributed by atoms with Crippen molar-refractivity contribution in [3.63, 3.8) is 0 Å². The van der Waals surface area contributed by atoms with E-state index in [0.29, 0.717) is 0 Å². The van der Waals surface area contributed by atoms with Crippen LogP contribution in [0.15, 0.2) is 59.6 Å². The predicted molar refractivity (Wildman–Crippen MR) is 93.8 cm³/mol. The van der Waals surface area contributed by atoms with E-state index >= 15 is 0 Å². The molecule has 2 atom stereocenters. The number of hydrogen-bond acceptors (Lipinski definition) is 3. The lowest BCUT2D eigenvalue weighted by Gasteiger charge is -2.18. The number of nitrogens with two attached hydrogens (primary N) is 1. The largest absolute Gasteiger partial charge is 0.416 e. The lowest BCUT2D eigenvalue weighted by Crippen LogP contribution is -2.20. The van der Waals surface area contributed by atoms with Gasteiger partial charge in [0.05, 0.1) is 21.4 Å². The standard InChI is InChI=1S/C19H16F3NOS/c1-11(12-6-3-2-4-7-12)17-16(24)15(18(23)25-17)13-8-5-9-14(10-13)19(20,21)22/h2-11,17H,23H2,1H3. The number of alkyl halides is 3. The first-order chi connectivity index (χ1) is 11.8. The van der Waals surface area contributed by atoms with E-state index in [4.69, 9.17) is 5.73 Å². The highest BCUT2D eigenvalue weighted by Gasteiger charge is 2.38. The van der Waals surface area contributed by atoms with Gasteiger partial charge in [-0.25, -0.2) is 0 Å². The molecule has 0 aliphatic carbocycles. The average molecular weight is 363 g/mol. The maximum absolute atomic E-state index is 12.9. The van der Waals surface area contributed by atoms with Crippen LogP contribution in [0.25, 0.3) is 5.57 Å². The number of benzene rings is 2. The SMILES string of the molecule is CC(c1ccccc1)C1SC(N)=C(c2cccc(C(F)(F)F)c2)C1=O. The molecule has 2 nitrogen and oxygen atoms in total. The molecule has 2 aromatic carbocycles. The summed E-state index contributed by atoms with van der Waals surface area (Å²) in [5, 5.41) is -0.163. The van der Waals surface area contributed by atoms with Crippen LogP contribution >= 0.6 is 11.8 Å². The number of thioether (sulfide) groups is 1. The highest BCUT2D eigenvalue weighted by molar-refractivity contribution is 8.05. The molecule has 0 saturated carbocycles. The number of allylic oxidation sites excluding steroid dienone is 1. The van der Waals surface area contributed by atoms with Crippen LogP contribution in [0, 0.1) is 0 Å². The van der Waals surface area contributed by atoms with Gasteiger partial charge in [-0.05, 0) is 23.3 Å². The monoisotopic (exact) mass is 363 g/mol. The van der Waals surface area contributed by atoms with Crippen molar-refractivity contribution in [2.24, 2.45) is 5.73 Å². The Bertz CT molecular complexity index is 830. The summed E-state index contributed by atoms with van der Waals surface area (Å²) in [5.74, 6) is -0.321. The van der Waals surface area contributed by atoms with Gasteiger partial charge in [-0.2, -0.15) is 13.2 Å². The number of ketones is 1. The summed E-state index contributed by atoms with van der Waals surface area (Å²) in [5.41, 5.74) is 6.61. The molecule has 2 unspecified atom stereocenters. The maximum Gasteiger partial charge on any atom is 0.416 e. The van der Waals surface area contributed by atoms with E-state index in [1.54, 1.807) is 0 Å². The zero-order valence-electron chi connectivity index (χ0n) is 13.4. The second-order valence-electron chi connectivity index (χ2n) is 5.92. The quantitative estimate of drug-likeness (QED) is 0.850. The Morgan fingerprint density at radius 2 is 1.76 bits per heavy atom. The van der Waals surface area contributed by atoms with Gasteiger partial charge in [0.2, 0.25) is 0 Å². The van der Waals surface area contributed by atoms with Crippen LogP contribution in [0.3, 0.4) is 0 Å². The van der Waals surface area contributed by atoms with Gasteiger partial charge in [0.15, 0.2) is 5.78 Å². The fraction of sp³-hybridized carbons (Fsp3) is 0.211. The summed E-state index contributed by atoms with van der Waals surface area (Å²) in [6.07, 6.45) is -4.46. The predicted octanol–water partition coefficient (Wildman–Crippen LogP) is 4.82.